The van der Waals surface area contributed by atoms with Crippen LogP contribution >= 0.6 is 22.9 Å². The largest absolute Gasteiger partial charge is 0.348 e. The van der Waals surface area contributed by atoms with Gasteiger partial charge in [0.1, 0.15) is 4.21 Å². The van der Waals surface area contributed by atoms with Crippen molar-refractivity contribution < 1.29 is 13.3 Å². The predicted octanol–water partition coefficient (Wildman–Crippen LogP) is 1.55. The molecule has 0 bridgehead atoms. The summed E-state index contributed by atoms with van der Waals surface area (Å²) in [6, 6.07) is 0.950. The summed E-state index contributed by atoms with van der Waals surface area (Å²) in [6.45, 7) is 0.147. The van der Waals surface area contributed by atoms with E-state index in [-0.39, 0.29) is 15.1 Å². The fraction of sp³-hybridized carbons (Fsp3) is 0.222. The minimum atomic E-state index is -3.80. The van der Waals surface area contributed by atoms with Crippen molar-refractivity contribution in [3.05, 3.63) is 38.7 Å². The lowest BCUT2D eigenvalue weighted by Gasteiger charge is -2.02. The van der Waals surface area contributed by atoms with E-state index in [0.29, 0.717) is 17.8 Å². The first kappa shape index (κ1) is 14.9. The fourth-order valence-electron chi connectivity index (χ4n) is 1.41. The third-order valence-electron chi connectivity index (χ3n) is 2.35. The van der Waals surface area contributed by atoms with Crippen molar-refractivity contribution >= 4 is 38.6 Å². The van der Waals surface area contributed by atoms with E-state index in [2.05, 4.69) is 14.7 Å². The fourth-order valence-corrected chi connectivity index (χ4v) is 4.15. The number of halogens is 1. The van der Waals surface area contributed by atoms with Gasteiger partial charge in [-0.15, -0.1) is 11.3 Å². The summed E-state index contributed by atoms with van der Waals surface area (Å²) in [5, 5.41) is 10.6. The number of aromatic nitrogens is 2. The van der Waals surface area contributed by atoms with Gasteiger partial charge < -0.3 is 4.98 Å². The topological polar surface area (TPSA) is 118 Å². The molecular formula is C9H9ClN4O4S2. The second-order valence-electron chi connectivity index (χ2n) is 3.71. The Bertz CT molecular complexity index is 710. The minimum Gasteiger partial charge on any atom is -0.348 e. The highest BCUT2D eigenvalue weighted by Crippen LogP contribution is 2.35. The quantitative estimate of drug-likeness (QED) is 0.613. The molecule has 0 unspecified atom stereocenters. The number of nitrogens with zero attached hydrogens (tertiary/aromatic N) is 2. The summed E-state index contributed by atoms with van der Waals surface area (Å²) in [6.07, 6.45) is 3.51. The van der Waals surface area contributed by atoms with Crippen LogP contribution < -0.4 is 4.72 Å². The maximum absolute atomic E-state index is 11.9. The second kappa shape index (κ2) is 5.87. The van der Waals surface area contributed by atoms with Crippen LogP contribution in [0.2, 0.25) is 4.34 Å². The first-order valence-electron chi connectivity index (χ1n) is 5.31. The van der Waals surface area contributed by atoms with Crippen LogP contribution in [0.1, 0.15) is 5.69 Å². The molecule has 2 aromatic heterocycles. The zero-order chi connectivity index (χ0) is 14.8. The van der Waals surface area contributed by atoms with E-state index in [4.69, 9.17) is 11.6 Å². The van der Waals surface area contributed by atoms with Crippen LogP contribution in [-0.4, -0.2) is 29.9 Å². The summed E-state index contributed by atoms with van der Waals surface area (Å²) in [7, 11) is -3.80. The number of rotatable bonds is 6. The molecule has 0 fully saturated rings. The number of hydrogen-bond acceptors (Lipinski definition) is 6. The van der Waals surface area contributed by atoms with Crippen LogP contribution in [-0.2, 0) is 16.4 Å². The van der Waals surface area contributed by atoms with Crippen molar-refractivity contribution in [3.63, 3.8) is 0 Å². The molecule has 0 spiro atoms. The molecule has 2 rings (SSSR count). The zero-order valence-electron chi connectivity index (χ0n) is 9.87. The highest BCUT2D eigenvalue weighted by atomic mass is 35.5. The van der Waals surface area contributed by atoms with Gasteiger partial charge in [0.15, 0.2) is 4.34 Å². The van der Waals surface area contributed by atoms with Crippen LogP contribution in [0, 0.1) is 10.1 Å². The highest BCUT2D eigenvalue weighted by Gasteiger charge is 2.24. The van der Waals surface area contributed by atoms with E-state index in [1.54, 1.807) is 6.20 Å². The van der Waals surface area contributed by atoms with Gasteiger partial charge in [0.05, 0.1) is 11.3 Å². The molecule has 2 aromatic rings. The van der Waals surface area contributed by atoms with Crippen molar-refractivity contribution in [2.45, 2.75) is 10.6 Å². The molecule has 0 amide bonds. The van der Waals surface area contributed by atoms with E-state index in [0.717, 1.165) is 11.8 Å². The third kappa shape index (κ3) is 3.33. The van der Waals surface area contributed by atoms with Gasteiger partial charge in [-0.25, -0.2) is 18.1 Å². The second-order valence-corrected chi connectivity index (χ2v) is 7.35. The van der Waals surface area contributed by atoms with Crippen molar-refractivity contribution in [1.29, 1.82) is 0 Å². The Hall–Kier alpha value is -1.49. The number of sulfonamides is 1. The summed E-state index contributed by atoms with van der Waals surface area (Å²) in [5.41, 5.74) is 0.369. The van der Waals surface area contributed by atoms with Gasteiger partial charge in [0, 0.05) is 30.9 Å². The van der Waals surface area contributed by atoms with E-state index < -0.39 is 20.6 Å². The molecule has 0 aliphatic heterocycles. The summed E-state index contributed by atoms with van der Waals surface area (Å²) >= 11 is 6.28. The van der Waals surface area contributed by atoms with Crippen molar-refractivity contribution in [2.75, 3.05) is 6.54 Å². The molecule has 20 heavy (non-hydrogen) atoms. The molecule has 2 heterocycles. The Labute approximate surface area is 123 Å². The first-order valence-corrected chi connectivity index (χ1v) is 7.98. The lowest BCUT2D eigenvalue weighted by molar-refractivity contribution is -0.384. The number of imidazole rings is 1. The Morgan fingerprint density at radius 1 is 1.55 bits per heavy atom. The highest BCUT2D eigenvalue weighted by molar-refractivity contribution is 7.91. The molecule has 108 valence electrons. The molecular weight excluding hydrogens is 328 g/mol. The Morgan fingerprint density at radius 2 is 2.30 bits per heavy atom. The van der Waals surface area contributed by atoms with Crippen LogP contribution in [0.4, 0.5) is 5.69 Å². The van der Waals surface area contributed by atoms with E-state index >= 15 is 0 Å². The van der Waals surface area contributed by atoms with Gasteiger partial charge in [-0.05, 0) is 0 Å². The van der Waals surface area contributed by atoms with Crippen LogP contribution in [0.5, 0.6) is 0 Å². The molecule has 11 heteroatoms. The van der Waals surface area contributed by atoms with E-state index in [1.165, 1.54) is 6.33 Å². The standard InChI is InChI=1S/C9H9ClN4O4S2/c10-9-7(14(15)16)3-8(19-9)20(17,18)13-2-1-6-4-11-5-12-6/h3-5,13H,1-2H2,(H,11,12). The van der Waals surface area contributed by atoms with Gasteiger partial charge in [0.2, 0.25) is 10.0 Å². The van der Waals surface area contributed by atoms with Crippen molar-refractivity contribution in [2.24, 2.45) is 0 Å². The minimum absolute atomic E-state index is 0.147. The normalized spacial score (nSPS) is 11.7. The number of nitro groups is 1. The Morgan fingerprint density at radius 3 is 2.85 bits per heavy atom. The van der Waals surface area contributed by atoms with Crippen molar-refractivity contribution in [3.8, 4) is 0 Å². The van der Waals surface area contributed by atoms with E-state index in [1.807, 2.05) is 0 Å². The number of H-pyrrole nitrogens is 1. The first-order chi connectivity index (χ1) is 9.40. The molecule has 0 radical (unpaired) electrons. The average molecular weight is 337 g/mol. The van der Waals surface area contributed by atoms with Crippen LogP contribution in [0.25, 0.3) is 0 Å². The number of hydrogen-bond donors (Lipinski definition) is 2. The van der Waals surface area contributed by atoms with Gasteiger partial charge in [-0.1, -0.05) is 11.6 Å². The molecule has 8 nitrogen and oxygen atoms in total. The van der Waals surface area contributed by atoms with Gasteiger partial charge in [-0.3, -0.25) is 10.1 Å². The number of nitrogens with one attached hydrogen (secondary N) is 2. The molecule has 2 N–H and O–H groups in total. The number of aromatic amines is 1. The third-order valence-corrected chi connectivity index (χ3v) is 5.62. The van der Waals surface area contributed by atoms with Gasteiger partial charge in [0.25, 0.3) is 5.69 Å². The van der Waals surface area contributed by atoms with Gasteiger partial charge >= 0.3 is 0 Å². The smallest absolute Gasteiger partial charge is 0.300 e. The summed E-state index contributed by atoms with van der Waals surface area (Å²) in [4.78, 5) is 16.6. The molecule has 0 saturated carbocycles. The lowest BCUT2D eigenvalue weighted by atomic mass is 10.3. The molecule has 0 atom stereocenters. The summed E-state index contributed by atoms with van der Waals surface area (Å²) in [5.74, 6) is 0. The molecule has 0 saturated heterocycles. The maximum atomic E-state index is 11.9. The van der Waals surface area contributed by atoms with Crippen LogP contribution in [0.3, 0.4) is 0 Å². The summed E-state index contributed by atoms with van der Waals surface area (Å²) < 4.78 is 25.9. The predicted molar refractivity (Wildman–Crippen MR) is 73.5 cm³/mol. The zero-order valence-corrected chi connectivity index (χ0v) is 12.3. The average Bonchev–Trinajstić information content (AvgIpc) is 2.98. The van der Waals surface area contributed by atoms with E-state index in [9.17, 15) is 18.5 Å². The molecule has 0 aliphatic rings. The SMILES string of the molecule is O=[N+]([O-])c1cc(S(=O)(=O)NCCc2cnc[nH]2)sc1Cl. The van der Waals surface area contributed by atoms with Gasteiger partial charge in [-0.2, -0.15) is 0 Å². The molecule has 0 aliphatic carbocycles. The lowest BCUT2D eigenvalue weighted by Crippen LogP contribution is -2.25. The van der Waals surface area contributed by atoms with Crippen LogP contribution in [0.15, 0.2) is 22.8 Å². The molecule has 0 aromatic carbocycles. The monoisotopic (exact) mass is 336 g/mol. The van der Waals surface area contributed by atoms with Crippen molar-refractivity contribution in [1.82, 2.24) is 14.7 Å². The Balaban J connectivity index is 2.06. The number of thiophene rings is 1. The Kier molecular flexibility index (Phi) is 4.38. The maximum Gasteiger partial charge on any atom is 0.300 e.